The van der Waals surface area contributed by atoms with E-state index in [1.165, 1.54) is 11.3 Å². The molecule has 5 aromatic rings. The van der Waals surface area contributed by atoms with Gasteiger partial charge in [0.15, 0.2) is 10.8 Å². The standard InChI is InChI=1S/C27H23N5O3S/c1-15-9-20(21-10-16(2)29-14-23(21)35-4)22(13-28-15)26(33)32-27-31-25-24(36-27)11-18(12-30-25)17-5-7-19(34-3)8-6-17/h5-14H,1-4H3,(H,30,31,32,33). The van der Waals surface area contributed by atoms with Gasteiger partial charge in [-0.15, -0.1) is 0 Å². The van der Waals surface area contributed by atoms with Gasteiger partial charge in [-0.3, -0.25) is 20.1 Å². The van der Waals surface area contributed by atoms with Crippen LogP contribution in [0.4, 0.5) is 5.13 Å². The van der Waals surface area contributed by atoms with Crippen molar-refractivity contribution in [1.29, 1.82) is 0 Å². The summed E-state index contributed by atoms with van der Waals surface area (Å²) < 4.78 is 11.6. The largest absolute Gasteiger partial charge is 0.497 e. The topological polar surface area (TPSA) is 99.1 Å². The highest BCUT2D eigenvalue weighted by atomic mass is 32.1. The van der Waals surface area contributed by atoms with Crippen molar-refractivity contribution in [3.63, 3.8) is 0 Å². The summed E-state index contributed by atoms with van der Waals surface area (Å²) in [6.07, 6.45) is 5.00. The van der Waals surface area contributed by atoms with Crippen molar-refractivity contribution in [3.8, 4) is 33.8 Å². The summed E-state index contributed by atoms with van der Waals surface area (Å²) in [4.78, 5) is 31.0. The van der Waals surface area contributed by atoms with Crippen molar-refractivity contribution in [2.24, 2.45) is 0 Å². The molecule has 36 heavy (non-hydrogen) atoms. The molecule has 0 bridgehead atoms. The number of anilines is 1. The molecule has 0 fully saturated rings. The lowest BCUT2D eigenvalue weighted by molar-refractivity contribution is 0.102. The van der Waals surface area contributed by atoms with E-state index in [9.17, 15) is 4.79 Å². The zero-order chi connectivity index (χ0) is 25.2. The minimum Gasteiger partial charge on any atom is -0.497 e. The molecular weight excluding hydrogens is 474 g/mol. The predicted molar refractivity (Wildman–Crippen MR) is 141 cm³/mol. The number of pyridine rings is 3. The number of fused-ring (bicyclic) bond motifs is 1. The lowest BCUT2D eigenvalue weighted by atomic mass is 9.99. The summed E-state index contributed by atoms with van der Waals surface area (Å²) in [5.74, 6) is 1.05. The molecule has 0 aliphatic rings. The highest BCUT2D eigenvalue weighted by molar-refractivity contribution is 7.22. The van der Waals surface area contributed by atoms with Crippen molar-refractivity contribution in [2.75, 3.05) is 19.5 Å². The van der Waals surface area contributed by atoms with E-state index >= 15 is 0 Å². The van der Waals surface area contributed by atoms with Gasteiger partial charge in [-0.1, -0.05) is 23.5 Å². The van der Waals surface area contributed by atoms with Crippen LogP contribution in [0.15, 0.2) is 61.1 Å². The molecule has 9 heteroatoms. The minimum atomic E-state index is -0.316. The molecule has 0 spiro atoms. The molecule has 4 aromatic heterocycles. The average Bonchev–Trinajstić information content (AvgIpc) is 3.30. The highest BCUT2D eigenvalue weighted by Gasteiger charge is 2.19. The van der Waals surface area contributed by atoms with E-state index in [1.807, 2.05) is 56.3 Å². The Kier molecular flexibility index (Phi) is 6.30. The van der Waals surface area contributed by atoms with Crippen LogP contribution in [-0.2, 0) is 0 Å². The van der Waals surface area contributed by atoms with E-state index in [4.69, 9.17) is 9.47 Å². The van der Waals surface area contributed by atoms with Crippen LogP contribution in [0.5, 0.6) is 11.5 Å². The van der Waals surface area contributed by atoms with Crippen LogP contribution in [0, 0.1) is 13.8 Å². The Labute approximate surface area is 212 Å². The molecule has 0 radical (unpaired) electrons. The molecule has 0 saturated heterocycles. The van der Waals surface area contributed by atoms with Crippen LogP contribution in [0.25, 0.3) is 32.6 Å². The van der Waals surface area contributed by atoms with E-state index in [-0.39, 0.29) is 5.91 Å². The summed E-state index contributed by atoms with van der Waals surface area (Å²) in [5.41, 5.74) is 6.04. The fourth-order valence-corrected chi connectivity index (χ4v) is 4.72. The Balaban J connectivity index is 1.46. The molecule has 1 N–H and O–H groups in total. The lowest BCUT2D eigenvalue weighted by Gasteiger charge is -2.13. The fourth-order valence-electron chi connectivity index (χ4n) is 3.86. The van der Waals surface area contributed by atoms with Crippen LogP contribution in [0.2, 0.25) is 0 Å². The SMILES string of the molecule is COc1ccc(-c2cnc3nc(NC(=O)c4cnc(C)cc4-c4cc(C)ncc4OC)sc3c2)cc1. The van der Waals surface area contributed by atoms with Gasteiger partial charge < -0.3 is 9.47 Å². The van der Waals surface area contributed by atoms with Gasteiger partial charge in [0.05, 0.1) is 30.7 Å². The highest BCUT2D eigenvalue weighted by Crippen LogP contribution is 2.34. The zero-order valence-corrected chi connectivity index (χ0v) is 21.0. The van der Waals surface area contributed by atoms with Gasteiger partial charge in [0.25, 0.3) is 5.91 Å². The van der Waals surface area contributed by atoms with Crippen LogP contribution >= 0.6 is 11.3 Å². The van der Waals surface area contributed by atoms with Gasteiger partial charge in [-0.2, -0.15) is 4.98 Å². The monoisotopic (exact) mass is 497 g/mol. The first-order valence-electron chi connectivity index (χ1n) is 11.1. The minimum absolute atomic E-state index is 0.316. The number of ether oxygens (including phenoxy) is 2. The first-order chi connectivity index (χ1) is 17.4. The maximum absolute atomic E-state index is 13.4. The van der Waals surface area contributed by atoms with Crippen molar-refractivity contribution in [2.45, 2.75) is 13.8 Å². The number of rotatable bonds is 6. The Morgan fingerprint density at radius 1 is 0.833 bits per heavy atom. The third-order valence-electron chi connectivity index (χ3n) is 5.69. The van der Waals surface area contributed by atoms with Crippen LogP contribution in [0.1, 0.15) is 21.7 Å². The van der Waals surface area contributed by atoms with E-state index in [1.54, 1.807) is 32.8 Å². The normalized spacial score (nSPS) is 10.9. The number of aryl methyl sites for hydroxylation is 2. The van der Waals surface area contributed by atoms with E-state index in [2.05, 4.69) is 25.3 Å². The lowest BCUT2D eigenvalue weighted by Crippen LogP contribution is -2.14. The molecule has 0 saturated carbocycles. The fraction of sp³-hybridized carbons (Fsp3) is 0.148. The number of hydrogen-bond acceptors (Lipinski definition) is 8. The summed E-state index contributed by atoms with van der Waals surface area (Å²) in [6, 6.07) is 13.5. The third-order valence-corrected chi connectivity index (χ3v) is 6.60. The second kappa shape index (κ2) is 9.71. The number of thiazole rings is 1. The second-order valence-electron chi connectivity index (χ2n) is 8.14. The van der Waals surface area contributed by atoms with Crippen molar-refractivity contribution >= 4 is 32.7 Å². The van der Waals surface area contributed by atoms with Gasteiger partial charge in [0.2, 0.25) is 0 Å². The predicted octanol–water partition coefficient (Wildman–Crippen LogP) is 5.70. The number of nitrogens with one attached hydrogen (secondary N) is 1. The number of amides is 1. The van der Waals surface area contributed by atoms with E-state index in [0.29, 0.717) is 27.7 Å². The molecule has 8 nitrogen and oxygen atoms in total. The van der Waals surface area contributed by atoms with Gasteiger partial charge >= 0.3 is 0 Å². The van der Waals surface area contributed by atoms with E-state index in [0.717, 1.165) is 38.5 Å². The van der Waals surface area contributed by atoms with E-state index < -0.39 is 0 Å². The molecule has 0 unspecified atom stereocenters. The van der Waals surface area contributed by atoms with Crippen LogP contribution < -0.4 is 14.8 Å². The molecule has 0 atom stereocenters. The first-order valence-corrected chi connectivity index (χ1v) is 12.0. The summed E-state index contributed by atoms with van der Waals surface area (Å²) in [6.45, 7) is 3.77. The molecular formula is C27H23N5O3S. The Hall–Kier alpha value is -4.37. The number of carbonyl (C=O) groups excluding carboxylic acids is 1. The zero-order valence-electron chi connectivity index (χ0n) is 20.2. The first kappa shape index (κ1) is 23.4. The molecule has 5 rings (SSSR count). The Morgan fingerprint density at radius 3 is 2.28 bits per heavy atom. The number of nitrogens with zero attached hydrogens (tertiary/aromatic N) is 4. The van der Waals surface area contributed by atoms with Crippen molar-refractivity contribution in [3.05, 3.63) is 78.0 Å². The van der Waals surface area contributed by atoms with Gasteiger partial charge in [0, 0.05) is 40.5 Å². The molecule has 4 heterocycles. The average molecular weight is 498 g/mol. The number of aromatic nitrogens is 4. The number of carbonyl (C=O) groups is 1. The van der Waals surface area contributed by atoms with Crippen LogP contribution in [-0.4, -0.2) is 40.1 Å². The smallest absolute Gasteiger partial charge is 0.259 e. The molecule has 0 aliphatic heterocycles. The second-order valence-corrected chi connectivity index (χ2v) is 9.18. The molecule has 0 aliphatic carbocycles. The summed E-state index contributed by atoms with van der Waals surface area (Å²) >= 11 is 1.37. The van der Waals surface area contributed by atoms with Gasteiger partial charge in [0.1, 0.15) is 11.5 Å². The molecule has 180 valence electrons. The molecule has 1 aromatic carbocycles. The Bertz CT molecular complexity index is 1580. The third kappa shape index (κ3) is 4.60. The van der Waals surface area contributed by atoms with Crippen LogP contribution in [0.3, 0.4) is 0 Å². The number of benzene rings is 1. The summed E-state index contributed by atoms with van der Waals surface area (Å²) in [7, 11) is 3.22. The maximum atomic E-state index is 13.4. The van der Waals surface area contributed by atoms with Gasteiger partial charge in [-0.05, 0) is 49.7 Å². The maximum Gasteiger partial charge on any atom is 0.259 e. The quantitative estimate of drug-likeness (QED) is 0.321. The van der Waals surface area contributed by atoms with Crippen molar-refractivity contribution in [1.82, 2.24) is 19.9 Å². The number of methoxy groups -OCH3 is 2. The summed E-state index contributed by atoms with van der Waals surface area (Å²) in [5, 5.41) is 3.38. The van der Waals surface area contributed by atoms with Crippen molar-refractivity contribution < 1.29 is 14.3 Å². The Morgan fingerprint density at radius 2 is 1.56 bits per heavy atom. The van der Waals surface area contributed by atoms with Gasteiger partial charge in [-0.25, -0.2) is 4.98 Å². The number of hydrogen-bond donors (Lipinski definition) is 1. The molecule has 1 amide bonds.